The lowest BCUT2D eigenvalue weighted by Gasteiger charge is -2.32. The maximum Gasteiger partial charge on any atom is 0.122 e. The fourth-order valence-corrected chi connectivity index (χ4v) is 3.27. The van der Waals surface area contributed by atoms with E-state index in [1.165, 1.54) is 19.3 Å². The zero-order chi connectivity index (χ0) is 14.0. The Morgan fingerprint density at radius 3 is 2.16 bits per heavy atom. The van der Waals surface area contributed by atoms with Gasteiger partial charge in [0.05, 0.1) is 14.2 Å². The molecule has 0 saturated heterocycles. The van der Waals surface area contributed by atoms with Crippen molar-refractivity contribution >= 4 is 0 Å². The highest BCUT2D eigenvalue weighted by molar-refractivity contribution is 5.40. The predicted octanol–water partition coefficient (Wildman–Crippen LogP) is 3.53. The van der Waals surface area contributed by atoms with E-state index in [9.17, 15) is 0 Å². The number of hydrogen-bond acceptors (Lipinski definition) is 3. The van der Waals surface area contributed by atoms with E-state index in [4.69, 9.17) is 15.2 Å². The fourth-order valence-electron chi connectivity index (χ4n) is 3.27. The number of hydrogen-bond donors (Lipinski definition) is 1. The molecule has 1 aliphatic rings. The van der Waals surface area contributed by atoms with E-state index < -0.39 is 0 Å². The van der Waals surface area contributed by atoms with Crippen LogP contribution in [0.2, 0.25) is 0 Å². The summed E-state index contributed by atoms with van der Waals surface area (Å²) in [5.41, 5.74) is 7.93. The van der Waals surface area contributed by atoms with Crippen LogP contribution in [0.1, 0.15) is 44.7 Å². The minimum absolute atomic E-state index is 0.0431. The molecule has 1 aliphatic carbocycles. The molecule has 1 aromatic carbocycles. The summed E-state index contributed by atoms with van der Waals surface area (Å²) < 4.78 is 10.7. The molecule has 0 radical (unpaired) electrons. The molecule has 1 aromatic rings. The molecule has 1 fully saturated rings. The third-order valence-electron chi connectivity index (χ3n) is 4.53. The quantitative estimate of drug-likeness (QED) is 0.903. The van der Waals surface area contributed by atoms with Gasteiger partial charge in [-0.3, -0.25) is 0 Å². The Morgan fingerprint density at radius 2 is 1.74 bits per heavy atom. The van der Waals surface area contributed by atoms with E-state index >= 15 is 0 Å². The van der Waals surface area contributed by atoms with Crippen molar-refractivity contribution in [2.75, 3.05) is 14.2 Å². The number of benzene rings is 1. The Morgan fingerprint density at radius 1 is 1.16 bits per heavy atom. The summed E-state index contributed by atoms with van der Waals surface area (Å²) in [6.07, 6.45) is 3.73. The Kier molecular flexibility index (Phi) is 4.04. The maximum atomic E-state index is 6.51. The summed E-state index contributed by atoms with van der Waals surface area (Å²) in [6.45, 7) is 4.64. The second-order valence-electron chi connectivity index (χ2n) is 6.16. The van der Waals surface area contributed by atoms with Crippen LogP contribution < -0.4 is 15.2 Å². The summed E-state index contributed by atoms with van der Waals surface area (Å²) in [4.78, 5) is 0. The molecule has 3 heteroatoms. The molecule has 0 aromatic heterocycles. The molecule has 1 saturated carbocycles. The van der Waals surface area contributed by atoms with E-state index in [1.54, 1.807) is 14.2 Å². The third kappa shape index (κ3) is 2.86. The van der Waals surface area contributed by atoms with Crippen LogP contribution >= 0.6 is 0 Å². The average Bonchev–Trinajstić information content (AvgIpc) is 2.76. The van der Waals surface area contributed by atoms with Crippen LogP contribution in [0.4, 0.5) is 0 Å². The highest BCUT2D eigenvalue weighted by Gasteiger charge is 2.38. The molecule has 2 N–H and O–H groups in total. The van der Waals surface area contributed by atoms with Crippen LogP contribution in [0.5, 0.6) is 11.5 Å². The molecule has 106 valence electrons. The first-order chi connectivity index (χ1) is 8.97. The monoisotopic (exact) mass is 263 g/mol. The van der Waals surface area contributed by atoms with E-state index in [0.29, 0.717) is 11.3 Å². The number of nitrogens with two attached hydrogens (primary N) is 1. The highest BCUT2D eigenvalue weighted by Crippen LogP contribution is 2.48. The fraction of sp³-hybridized carbons (Fsp3) is 0.625. The van der Waals surface area contributed by atoms with E-state index in [1.807, 2.05) is 18.2 Å². The zero-order valence-electron chi connectivity index (χ0n) is 12.4. The highest BCUT2D eigenvalue weighted by atomic mass is 16.5. The van der Waals surface area contributed by atoms with Crippen molar-refractivity contribution in [2.24, 2.45) is 17.1 Å². The normalized spacial score (nSPS) is 23.1. The van der Waals surface area contributed by atoms with Crippen molar-refractivity contribution in [3.05, 3.63) is 23.8 Å². The smallest absolute Gasteiger partial charge is 0.122 e. The number of ether oxygens (including phenoxy) is 2. The molecule has 0 heterocycles. The van der Waals surface area contributed by atoms with Crippen LogP contribution in [-0.2, 0) is 0 Å². The van der Waals surface area contributed by atoms with Gasteiger partial charge in [0.15, 0.2) is 0 Å². The van der Waals surface area contributed by atoms with Crippen molar-refractivity contribution < 1.29 is 9.47 Å². The molecule has 3 nitrogen and oxygen atoms in total. The lowest BCUT2D eigenvalue weighted by molar-refractivity contribution is 0.221. The third-order valence-corrected chi connectivity index (χ3v) is 4.53. The van der Waals surface area contributed by atoms with Crippen molar-refractivity contribution in [1.82, 2.24) is 0 Å². The van der Waals surface area contributed by atoms with Gasteiger partial charge in [-0.25, -0.2) is 0 Å². The minimum atomic E-state index is 0.0431. The Labute approximate surface area is 116 Å². The Balaban J connectivity index is 2.30. The van der Waals surface area contributed by atoms with Gasteiger partial charge >= 0.3 is 0 Å². The molecular weight excluding hydrogens is 238 g/mol. The van der Waals surface area contributed by atoms with Crippen molar-refractivity contribution in [2.45, 2.75) is 39.2 Å². The Bertz CT molecular complexity index is 420. The lowest BCUT2D eigenvalue weighted by atomic mass is 9.76. The summed E-state index contributed by atoms with van der Waals surface area (Å²) >= 11 is 0. The van der Waals surface area contributed by atoms with E-state index in [2.05, 4.69) is 13.8 Å². The summed E-state index contributed by atoms with van der Waals surface area (Å²) in [5, 5.41) is 0. The second-order valence-corrected chi connectivity index (χ2v) is 6.16. The first-order valence-corrected chi connectivity index (χ1v) is 6.96. The Hall–Kier alpha value is -1.22. The van der Waals surface area contributed by atoms with Crippen molar-refractivity contribution in [3.8, 4) is 11.5 Å². The SMILES string of the molecule is COc1cc(OC)cc(C(N)C2CCCC2(C)C)c1. The zero-order valence-corrected chi connectivity index (χ0v) is 12.4. The second kappa shape index (κ2) is 5.41. The summed E-state index contributed by atoms with van der Waals surface area (Å²) in [6, 6.07) is 5.99. The number of methoxy groups -OCH3 is 2. The topological polar surface area (TPSA) is 44.5 Å². The van der Waals surface area contributed by atoms with Crippen LogP contribution in [-0.4, -0.2) is 14.2 Å². The predicted molar refractivity (Wildman–Crippen MR) is 77.6 cm³/mol. The van der Waals surface area contributed by atoms with Gasteiger partial charge in [-0.15, -0.1) is 0 Å². The first-order valence-electron chi connectivity index (χ1n) is 6.96. The largest absolute Gasteiger partial charge is 0.497 e. The number of rotatable bonds is 4. The first kappa shape index (κ1) is 14.2. The average molecular weight is 263 g/mol. The minimum Gasteiger partial charge on any atom is -0.497 e. The van der Waals surface area contributed by atoms with Gasteiger partial charge in [0.2, 0.25) is 0 Å². The molecule has 0 amide bonds. The molecule has 19 heavy (non-hydrogen) atoms. The van der Waals surface area contributed by atoms with E-state index in [0.717, 1.165) is 17.1 Å². The molecule has 0 spiro atoms. The van der Waals surface area contributed by atoms with E-state index in [-0.39, 0.29) is 6.04 Å². The van der Waals surface area contributed by atoms with Crippen LogP contribution in [0.25, 0.3) is 0 Å². The maximum absolute atomic E-state index is 6.51. The van der Waals surface area contributed by atoms with Gasteiger partial charge in [0.25, 0.3) is 0 Å². The van der Waals surface area contributed by atoms with Gasteiger partial charge in [0.1, 0.15) is 11.5 Å². The van der Waals surface area contributed by atoms with Gasteiger partial charge in [-0.1, -0.05) is 20.3 Å². The summed E-state index contributed by atoms with van der Waals surface area (Å²) in [7, 11) is 3.34. The van der Waals surface area contributed by atoms with Gasteiger partial charge in [-0.05, 0) is 41.9 Å². The molecule has 2 atom stereocenters. The molecular formula is C16H25NO2. The standard InChI is InChI=1S/C16H25NO2/c1-16(2)7-5-6-14(16)15(17)11-8-12(18-3)10-13(9-11)19-4/h8-10,14-15H,5-7,17H2,1-4H3. The van der Waals surface area contributed by atoms with Gasteiger partial charge < -0.3 is 15.2 Å². The van der Waals surface area contributed by atoms with Crippen molar-refractivity contribution in [3.63, 3.8) is 0 Å². The van der Waals surface area contributed by atoms with Crippen LogP contribution in [0, 0.1) is 11.3 Å². The molecule has 2 rings (SSSR count). The van der Waals surface area contributed by atoms with Crippen LogP contribution in [0.3, 0.4) is 0 Å². The van der Waals surface area contributed by atoms with Gasteiger partial charge in [-0.2, -0.15) is 0 Å². The van der Waals surface area contributed by atoms with Gasteiger partial charge in [0, 0.05) is 12.1 Å². The van der Waals surface area contributed by atoms with Crippen molar-refractivity contribution in [1.29, 1.82) is 0 Å². The van der Waals surface area contributed by atoms with Crippen LogP contribution in [0.15, 0.2) is 18.2 Å². The lowest BCUT2D eigenvalue weighted by Crippen LogP contribution is -2.29. The molecule has 0 bridgehead atoms. The molecule has 0 aliphatic heterocycles. The molecule has 2 unspecified atom stereocenters. The summed E-state index contributed by atoms with van der Waals surface area (Å²) in [5.74, 6) is 2.13.